The molecule has 2 nitrogen and oxygen atoms in total. The van der Waals surface area contributed by atoms with Crippen molar-refractivity contribution in [3.63, 3.8) is 0 Å². The van der Waals surface area contributed by atoms with Crippen LogP contribution in [0.3, 0.4) is 0 Å². The first-order chi connectivity index (χ1) is 7.81. The molecule has 0 aliphatic heterocycles. The van der Waals surface area contributed by atoms with E-state index in [1.165, 1.54) is 38.5 Å². The lowest BCUT2D eigenvalue weighted by molar-refractivity contribution is -0.0685. The molecule has 1 aliphatic rings. The first-order valence-electron chi connectivity index (χ1n) is 7.20. The van der Waals surface area contributed by atoms with Crippen molar-refractivity contribution < 1.29 is 4.74 Å². The van der Waals surface area contributed by atoms with Gasteiger partial charge in [-0.2, -0.15) is 0 Å². The molecule has 0 radical (unpaired) electrons. The SMILES string of the molecule is CCCNC(CCC)C(CC)OC1CCC1. The Balaban J connectivity index is 2.35. The summed E-state index contributed by atoms with van der Waals surface area (Å²) in [6.07, 6.45) is 9.74. The summed E-state index contributed by atoms with van der Waals surface area (Å²) in [6.45, 7) is 7.86. The van der Waals surface area contributed by atoms with Gasteiger partial charge in [0, 0.05) is 6.04 Å². The monoisotopic (exact) mass is 227 g/mol. The van der Waals surface area contributed by atoms with Crippen molar-refractivity contribution in [3.05, 3.63) is 0 Å². The third-order valence-electron chi connectivity index (χ3n) is 3.53. The Labute approximate surface area is 101 Å². The summed E-state index contributed by atoms with van der Waals surface area (Å²) >= 11 is 0. The molecule has 0 amide bonds. The van der Waals surface area contributed by atoms with Crippen LogP contribution in [0.2, 0.25) is 0 Å². The molecule has 2 unspecified atom stereocenters. The van der Waals surface area contributed by atoms with E-state index in [0.29, 0.717) is 18.2 Å². The molecule has 0 heterocycles. The van der Waals surface area contributed by atoms with Gasteiger partial charge < -0.3 is 10.1 Å². The molecule has 0 spiro atoms. The second-order valence-corrected chi connectivity index (χ2v) is 4.98. The number of nitrogens with one attached hydrogen (secondary N) is 1. The number of hydrogen-bond acceptors (Lipinski definition) is 2. The van der Waals surface area contributed by atoms with Crippen LogP contribution in [0, 0.1) is 0 Å². The van der Waals surface area contributed by atoms with Crippen LogP contribution in [-0.4, -0.2) is 24.8 Å². The molecule has 1 fully saturated rings. The summed E-state index contributed by atoms with van der Waals surface area (Å²) in [4.78, 5) is 0. The van der Waals surface area contributed by atoms with Crippen molar-refractivity contribution in [2.45, 2.75) is 84.0 Å². The summed E-state index contributed by atoms with van der Waals surface area (Å²) in [5.41, 5.74) is 0. The van der Waals surface area contributed by atoms with Crippen LogP contribution in [0.5, 0.6) is 0 Å². The van der Waals surface area contributed by atoms with Crippen LogP contribution >= 0.6 is 0 Å². The number of ether oxygens (including phenoxy) is 1. The minimum Gasteiger partial charge on any atom is -0.373 e. The highest BCUT2D eigenvalue weighted by Gasteiger charge is 2.26. The topological polar surface area (TPSA) is 21.3 Å². The first kappa shape index (κ1) is 14.0. The van der Waals surface area contributed by atoms with Crippen LogP contribution < -0.4 is 5.32 Å². The lowest BCUT2D eigenvalue weighted by Crippen LogP contribution is -2.44. The molecule has 1 N–H and O–H groups in total. The molecule has 0 aromatic carbocycles. The van der Waals surface area contributed by atoms with E-state index >= 15 is 0 Å². The standard InChI is InChI=1S/C14H29NO/c1-4-8-13(15-11-5-2)14(6-3)16-12-9-7-10-12/h12-15H,4-11H2,1-3H3. The van der Waals surface area contributed by atoms with E-state index in [1.54, 1.807) is 0 Å². The second-order valence-electron chi connectivity index (χ2n) is 4.98. The predicted octanol–water partition coefficient (Wildman–Crippen LogP) is 3.50. The Hall–Kier alpha value is -0.0800. The van der Waals surface area contributed by atoms with Crippen molar-refractivity contribution in [1.82, 2.24) is 5.32 Å². The van der Waals surface area contributed by atoms with E-state index in [0.717, 1.165) is 13.0 Å². The van der Waals surface area contributed by atoms with Gasteiger partial charge in [0.05, 0.1) is 12.2 Å². The Morgan fingerprint density at radius 3 is 2.38 bits per heavy atom. The highest BCUT2D eigenvalue weighted by Crippen LogP contribution is 2.25. The molecular formula is C14H29NO. The predicted molar refractivity (Wildman–Crippen MR) is 69.8 cm³/mol. The molecule has 0 bridgehead atoms. The van der Waals surface area contributed by atoms with Crippen molar-refractivity contribution in [2.75, 3.05) is 6.54 Å². The number of rotatable bonds is 9. The summed E-state index contributed by atoms with van der Waals surface area (Å²) in [5, 5.41) is 3.65. The lowest BCUT2D eigenvalue weighted by Gasteiger charge is -2.34. The van der Waals surface area contributed by atoms with Gasteiger partial charge in [0.1, 0.15) is 0 Å². The summed E-state index contributed by atoms with van der Waals surface area (Å²) < 4.78 is 6.18. The van der Waals surface area contributed by atoms with E-state index in [2.05, 4.69) is 26.1 Å². The molecule has 0 aromatic heterocycles. The smallest absolute Gasteiger partial charge is 0.0729 e. The van der Waals surface area contributed by atoms with Crippen molar-refractivity contribution in [1.29, 1.82) is 0 Å². The third-order valence-corrected chi connectivity index (χ3v) is 3.53. The Morgan fingerprint density at radius 1 is 1.19 bits per heavy atom. The lowest BCUT2D eigenvalue weighted by atomic mass is 9.95. The van der Waals surface area contributed by atoms with Gasteiger partial charge in [-0.15, -0.1) is 0 Å². The van der Waals surface area contributed by atoms with E-state index < -0.39 is 0 Å². The fraction of sp³-hybridized carbons (Fsp3) is 1.00. The van der Waals surface area contributed by atoms with E-state index in [4.69, 9.17) is 4.74 Å². The Morgan fingerprint density at radius 2 is 1.94 bits per heavy atom. The van der Waals surface area contributed by atoms with Crippen LogP contribution in [0.25, 0.3) is 0 Å². The van der Waals surface area contributed by atoms with Crippen molar-refractivity contribution in [3.8, 4) is 0 Å². The summed E-state index contributed by atoms with van der Waals surface area (Å²) in [6, 6.07) is 0.565. The fourth-order valence-electron chi connectivity index (χ4n) is 2.29. The van der Waals surface area contributed by atoms with Gasteiger partial charge in [-0.25, -0.2) is 0 Å². The molecule has 0 aromatic rings. The van der Waals surface area contributed by atoms with Gasteiger partial charge in [0.25, 0.3) is 0 Å². The molecule has 2 heteroatoms. The van der Waals surface area contributed by atoms with Gasteiger partial charge >= 0.3 is 0 Å². The molecular weight excluding hydrogens is 198 g/mol. The fourth-order valence-corrected chi connectivity index (χ4v) is 2.29. The minimum absolute atomic E-state index is 0.428. The molecule has 16 heavy (non-hydrogen) atoms. The van der Waals surface area contributed by atoms with Crippen LogP contribution in [0.1, 0.15) is 65.7 Å². The average Bonchev–Trinajstić information content (AvgIpc) is 2.24. The summed E-state index contributed by atoms with van der Waals surface area (Å²) in [7, 11) is 0. The second kappa shape index (κ2) is 8.08. The third kappa shape index (κ3) is 4.42. The zero-order valence-electron chi connectivity index (χ0n) is 11.3. The molecule has 0 saturated heterocycles. The first-order valence-corrected chi connectivity index (χ1v) is 7.20. The maximum absolute atomic E-state index is 6.18. The van der Waals surface area contributed by atoms with E-state index in [1.807, 2.05) is 0 Å². The van der Waals surface area contributed by atoms with E-state index in [-0.39, 0.29) is 0 Å². The van der Waals surface area contributed by atoms with Gasteiger partial charge in [0.2, 0.25) is 0 Å². The van der Waals surface area contributed by atoms with E-state index in [9.17, 15) is 0 Å². The zero-order chi connectivity index (χ0) is 11.8. The average molecular weight is 227 g/mol. The quantitative estimate of drug-likeness (QED) is 0.651. The van der Waals surface area contributed by atoms with Crippen LogP contribution in [-0.2, 0) is 4.74 Å². The maximum Gasteiger partial charge on any atom is 0.0729 e. The molecule has 1 aliphatic carbocycles. The van der Waals surface area contributed by atoms with Gasteiger partial charge in [-0.1, -0.05) is 27.2 Å². The van der Waals surface area contributed by atoms with Crippen molar-refractivity contribution in [2.24, 2.45) is 0 Å². The normalized spacial score (nSPS) is 20.4. The minimum atomic E-state index is 0.428. The Kier molecular flexibility index (Phi) is 7.06. The van der Waals surface area contributed by atoms with Gasteiger partial charge in [0.15, 0.2) is 0 Å². The molecule has 2 atom stereocenters. The Bertz CT molecular complexity index is 168. The van der Waals surface area contributed by atoms with Crippen LogP contribution in [0.15, 0.2) is 0 Å². The zero-order valence-corrected chi connectivity index (χ0v) is 11.3. The highest BCUT2D eigenvalue weighted by molar-refractivity contribution is 4.79. The van der Waals surface area contributed by atoms with Gasteiger partial charge in [-0.3, -0.25) is 0 Å². The maximum atomic E-state index is 6.18. The molecule has 1 saturated carbocycles. The largest absolute Gasteiger partial charge is 0.373 e. The molecule has 1 rings (SSSR count). The van der Waals surface area contributed by atoms with Crippen molar-refractivity contribution >= 4 is 0 Å². The van der Waals surface area contributed by atoms with Crippen LogP contribution in [0.4, 0.5) is 0 Å². The summed E-state index contributed by atoms with van der Waals surface area (Å²) in [5.74, 6) is 0. The van der Waals surface area contributed by atoms with Gasteiger partial charge in [-0.05, 0) is 45.1 Å². The highest BCUT2D eigenvalue weighted by atomic mass is 16.5. The number of hydrogen-bond donors (Lipinski definition) is 1. The molecule has 96 valence electrons.